The van der Waals surface area contributed by atoms with Crippen molar-refractivity contribution in [2.75, 3.05) is 0 Å². The zero-order valence-electron chi connectivity index (χ0n) is 12.4. The highest BCUT2D eigenvalue weighted by molar-refractivity contribution is 9.10. The van der Waals surface area contributed by atoms with Crippen molar-refractivity contribution in [2.45, 2.75) is 26.3 Å². The molecule has 22 heavy (non-hydrogen) atoms. The van der Waals surface area contributed by atoms with Gasteiger partial charge in [0.25, 0.3) is 0 Å². The Morgan fingerprint density at radius 1 is 1.05 bits per heavy atom. The molecule has 0 aliphatic rings. The molecular weight excluding hydrogens is 338 g/mol. The first-order valence-electron chi connectivity index (χ1n) is 7.62. The maximum Gasteiger partial charge on any atom is 0.160 e. The molecule has 0 atom stereocenters. The van der Waals surface area contributed by atoms with Gasteiger partial charge in [0.05, 0.1) is 16.6 Å². The van der Waals surface area contributed by atoms with E-state index in [0.29, 0.717) is 0 Å². The quantitative estimate of drug-likeness (QED) is 0.500. The van der Waals surface area contributed by atoms with Gasteiger partial charge in [0, 0.05) is 16.4 Å². The van der Waals surface area contributed by atoms with Gasteiger partial charge in [-0.2, -0.15) is 0 Å². The van der Waals surface area contributed by atoms with Crippen molar-refractivity contribution in [3.8, 4) is 0 Å². The van der Waals surface area contributed by atoms with Crippen LogP contribution in [0.4, 0.5) is 0 Å². The van der Waals surface area contributed by atoms with Crippen LogP contribution in [0.2, 0.25) is 0 Å². The fourth-order valence-electron chi connectivity index (χ4n) is 2.95. The molecule has 110 valence electrons. The van der Waals surface area contributed by atoms with Crippen molar-refractivity contribution >= 4 is 49.0 Å². The van der Waals surface area contributed by atoms with E-state index in [9.17, 15) is 0 Å². The van der Waals surface area contributed by atoms with E-state index in [4.69, 9.17) is 9.97 Å². The molecule has 0 aliphatic carbocycles. The lowest BCUT2D eigenvalue weighted by atomic mass is 10.2. The second-order valence-corrected chi connectivity index (χ2v) is 6.47. The zero-order valence-corrected chi connectivity index (χ0v) is 14.0. The number of unbranched alkanes of at least 4 members (excludes halogenated alkanes) is 1. The van der Waals surface area contributed by atoms with E-state index < -0.39 is 0 Å². The molecule has 0 radical (unpaired) electrons. The normalized spacial score (nSPS) is 11.7. The molecular formula is C18H16BrN3. The molecule has 0 spiro atoms. The Hall–Kier alpha value is -1.94. The van der Waals surface area contributed by atoms with Gasteiger partial charge in [-0.3, -0.25) is 0 Å². The number of fused-ring (bicyclic) bond motifs is 4. The number of para-hydroxylation sites is 2. The first kappa shape index (κ1) is 13.7. The van der Waals surface area contributed by atoms with E-state index >= 15 is 0 Å². The van der Waals surface area contributed by atoms with Gasteiger partial charge in [-0.25, -0.2) is 9.97 Å². The minimum absolute atomic E-state index is 0.949. The average Bonchev–Trinajstić information content (AvgIpc) is 2.83. The highest BCUT2D eigenvalue weighted by Crippen LogP contribution is 2.30. The van der Waals surface area contributed by atoms with Crippen LogP contribution in [0.15, 0.2) is 46.9 Å². The zero-order chi connectivity index (χ0) is 15.1. The fourth-order valence-corrected chi connectivity index (χ4v) is 3.31. The Balaban J connectivity index is 2.13. The number of halogens is 1. The molecule has 0 aliphatic heterocycles. The van der Waals surface area contributed by atoms with Crippen LogP contribution < -0.4 is 0 Å². The molecule has 0 fully saturated rings. The number of aryl methyl sites for hydroxylation is 1. The van der Waals surface area contributed by atoms with Crippen LogP contribution in [-0.4, -0.2) is 14.5 Å². The third kappa shape index (κ3) is 2.10. The van der Waals surface area contributed by atoms with Crippen LogP contribution >= 0.6 is 15.9 Å². The van der Waals surface area contributed by atoms with Gasteiger partial charge in [-0.1, -0.05) is 41.4 Å². The summed E-state index contributed by atoms with van der Waals surface area (Å²) in [5.74, 6) is 0. The monoisotopic (exact) mass is 353 g/mol. The Kier molecular flexibility index (Phi) is 3.34. The highest BCUT2D eigenvalue weighted by atomic mass is 79.9. The average molecular weight is 354 g/mol. The van der Waals surface area contributed by atoms with Crippen LogP contribution in [0.1, 0.15) is 19.8 Å². The van der Waals surface area contributed by atoms with E-state index in [0.717, 1.165) is 39.6 Å². The van der Waals surface area contributed by atoms with E-state index in [-0.39, 0.29) is 0 Å². The minimum Gasteiger partial charge on any atom is -0.324 e. The summed E-state index contributed by atoms with van der Waals surface area (Å²) in [4.78, 5) is 9.75. The van der Waals surface area contributed by atoms with Gasteiger partial charge in [0.2, 0.25) is 0 Å². The van der Waals surface area contributed by atoms with E-state index in [1.54, 1.807) is 0 Å². The lowest BCUT2D eigenvalue weighted by molar-refractivity contribution is 0.661. The molecule has 4 heteroatoms. The van der Waals surface area contributed by atoms with Crippen LogP contribution in [0.25, 0.3) is 33.1 Å². The molecule has 2 aromatic carbocycles. The second-order valence-electron chi connectivity index (χ2n) is 5.55. The number of hydrogen-bond acceptors (Lipinski definition) is 2. The van der Waals surface area contributed by atoms with Gasteiger partial charge in [0.1, 0.15) is 5.52 Å². The number of rotatable bonds is 3. The van der Waals surface area contributed by atoms with Gasteiger partial charge in [0.15, 0.2) is 5.65 Å². The summed E-state index contributed by atoms with van der Waals surface area (Å²) in [5, 5.41) is 1.17. The van der Waals surface area contributed by atoms with Crippen molar-refractivity contribution < 1.29 is 0 Å². The predicted octanol–water partition coefficient (Wildman–Crippen LogP) is 5.30. The Bertz CT molecular complexity index is 988. The number of aromatic nitrogens is 3. The third-order valence-corrected chi connectivity index (χ3v) is 4.54. The molecule has 2 aromatic heterocycles. The Morgan fingerprint density at radius 3 is 2.59 bits per heavy atom. The van der Waals surface area contributed by atoms with Crippen molar-refractivity contribution in [3.05, 3.63) is 46.9 Å². The van der Waals surface area contributed by atoms with Crippen molar-refractivity contribution in [2.24, 2.45) is 0 Å². The van der Waals surface area contributed by atoms with Crippen molar-refractivity contribution in [1.29, 1.82) is 0 Å². The summed E-state index contributed by atoms with van der Waals surface area (Å²) in [6, 6.07) is 14.5. The summed E-state index contributed by atoms with van der Waals surface area (Å²) < 4.78 is 3.38. The molecule has 4 rings (SSSR count). The van der Waals surface area contributed by atoms with E-state index in [1.807, 2.05) is 24.3 Å². The molecule has 4 aromatic rings. The first-order chi connectivity index (χ1) is 10.8. The van der Waals surface area contributed by atoms with Crippen LogP contribution in [0.5, 0.6) is 0 Å². The molecule has 0 saturated heterocycles. The predicted molar refractivity (Wildman–Crippen MR) is 95.1 cm³/mol. The topological polar surface area (TPSA) is 30.7 Å². The SMILES string of the molecule is CCCCn1c2ccc(Br)cc2c2nc3ccccc3nc21. The molecule has 0 bridgehead atoms. The lowest BCUT2D eigenvalue weighted by Gasteiger charge is -2.05. The maximum absolute atomic E-state index is 4.88. The Morgan fingerprint density at radius 2 is 1.82 bits per heavy atom. The first-order valence-corrected chi connectivity index (χ1v) is 8.41. The third-order valence-electron chi connectivity index (χ3n) is 4.05. The number of hydrogen-bond donors (Lipinski definition) is 0. The molecule has 2 heterocycles. The van der Waals surface area contributed by atoms with E-state index in [2.05, 4.69) is 45.6 Å². The van der Waals surface area contributed by atoms with Crippen LogP contribution in [0.3, 0.4) is 0 Å². The molecule has 0 saturated carbocycles. The summed E-state index contributed by atoms with van der Waals surface area (Å²) >= 11 is 3.57. The number of nitrogens with zero attached hydrogens (tertiary/aromatic N) is 3. The van der Waals surface area contributed by atoms with Gasteiger partial charge in [-0.05, 0) is 36.8 Å². The van der Waals surface area contributed by atoms with Crippen LogP contribution in [0, 0.1) is 0 Å². The van der Waals surface area contributed by atoms with E-state index in [1.165, 1.54) is 17.3 Å². The molecule has 0 amide bonds. The lowest BCUT2D eigenvalue weighted by Crippen LogP contribution is -1.99. The van der Waals surface area contributed by atoms with Gasteiger partial charge >= 0.3 is 0 Å². The highest BCUT2D eigenvalue weighted by Gasteiger charge is 2.14. The van der Waals surface area contributed by atoms with Crippen molar-refractivity contribution in [1.82, 2.24) is 14.5 Å². The second kappa shape index (κ2) is 5.36. The molecule has 0 N–H and O–H groups in total. The molecule has 0 unspecified atom stereocenters. The van der Waals surface area contributed by atoms with Crippen LogP contribution in [-0.2, 0) is 6.54 Å². The standard InChI is InChI=1S/C18H16BrN3/c1-2-3-10-22-16-9-8-12(19)11-13(16)17-18(22)21-15-7-5-4-6-14(15)20-17/h4-9,11H,2-3,10H2,1H3. The summed E-state index contributed by atoms with van der Waals surface area (Å²) in [7, 11) is 0. The summed E-state index contributed by atoms with van der Waals surface area (Å²) in [6.45, 7) is 3.19. The minimum atomic E-state index is 0.949. The number of benzene rings is 2. The smallest absolute Gasteiger partial charge is 0.160 e. The largest absolute Gasteiger partial charge is 0.324 e. The summed E-state index contributed by atoms with van der Waals surface area (Å²) in [6.07, 6.45) is 2.31. The fraction of sp³-hybridized carbons (Fsp3) is 0.222. The van der Waals surface area contributed by atoms with Gasteiger partial charge in [-0.15, -0.1) is 0 Å². The maximum atomic E-state index is 4.88. The summed E-state index contributed by atoms with van der Waals surface area (Å²) in [5.41, 5.74) is 5.09. The van der Waals surface area contributed by atoms with Gasteiger partial charge < -0.3 is 4.57 Å². The van der Waals surface area contributed by atoms with Crippen molar-refractivity contribution in [3.63, 3.8) is 0 Å². The molecule has 3 nitrogen and oxygen atoms in total. The Labute approximate surface area is 137 Å².